The van der Waals surface area contributed by atoms with Crippen molar-refractivity contribution in [1.82, 2.24) is 9.97 Å². The van der Waals surface area contributed by atoms with Gasteiger partial charge in [-0.15, -0.1) is 0 Å². The van der Waals surface area contributed by atoms with E-state index < -0.39 is 4.92 Å². The number of aryl methyl sites for hydroxylation is 1. The minimum Gasteiger partial charge on any atom is -0.368 e. The highest BCUT2D eigenvalue weighted by molar-refractivity contribution is 5.62. The Labute approximate surface area is 113 Å². The molecule has 106 valence electrons. The fourth-order valence-electron chi connectivity index (χ4n) is 2.08. The van der Waals surface area contributed by atoms with Gasteiger partial charge in [0.25, 0.3) is 0 Å². The van der Waals surface area contributed by atoms with Crippen molar-refractivity contribution in [2.75, 3.05) is 17.7 Å². The van der Waals surface area contributed by atoms with Crippen molar-refractivity contribution in [2.24, 2.45) is 5.92 Å². The van der Waals surface area contributed by atoms with Gasteiger partial charge in [-0.3, -0.25) is 10.1 Å². The Balaban J connectivity index is 3.21. The van der Waals surface area contributed by atoms with E-state index in [-0.39, 0.29) is 29.2 Å². The molecular formula is C12H21N5O2. The average molecular weight is 267 g/mol. The van der Waals surface area contributed by atoms with E-state index in [4.69, 9.17) is 5.73 Å². The van der Waals surface area contributed by atoms with Gasteiger partial charge in [0.05, 0.1) is 4.92 Å². The number of aromatic nitrogens is 2. The summed E-state index contributed by atoms with van der Waals surface area (Å²) in [6.07, 6.45) is 0.913. The molecule has 0 aliphatic rings. The predicted octanol–water partition coefficient (Wildman–Crippen LogP) is 2.15. The number of hydrogen-bond donors (Lipinski definition) is 1. The van der Waals surface area contributed by atoms with Crippen LogP contribution in [0.2, 0.25) is 0 Å². The molecule has 1 unspecified atom stereocenters. The predicted molar refractivity (Wildman–Crippen MR) is 75.2 cm³/mol. The van der Waals surface area contributed by atoms with E-state index >= 15 is 0 Å². The van der Waals surface area contributed by atoms with Crippen LogP contribution in [-0.2, 0) is 0 Å². The Morgan fingerprint density at radius 2 is 1.95 bits per heavy atom. The van der Waals surface area contributed by atoms with E-state index in [2.05, 4.69) is 23.8 Å². The van der Waals surface area contributed by atoms with Crippen LogP contribution in [0.5, 0.6) is 0 Å². The molecule has 0 aliphatic heterocycles. The van der Waals surface area contributed by atoms with E-state index in [0.29, 0.717) is 5.92 Å². The lowest BCUT2D eigenvalue weighted by Gasteiger charge is -2.27. The van der Waals surface area contributed by atoms with Crippen molar-refractivity contribution >= 4 is 17.5 Å². The summed E-state index contributed by atoms with van der Waals surface area (Å²) in [6.45, 7) is 7.80. The summed E-state index contributed by atoms with van der Waals surface area (Å²) in [5, 5.41) is 11.2. The molecule has 0 aromatic carbocycles. The Morgan fingerprint density at radius 1 is 1.37 bits per heavy atom. The van der Waals surface area contributed by atoms with Gasteiger partial charge in [0, 0.05) is 13.1 Å². The van der Waals surface area contributed by atoms with Crippen LogP contribution in [0.25, 0.3) is 0 Å². The molecule has 1 rings (SSSR count). The summed E-state index contributed by atoms with van der Waals surface area (Å²) in [4.78, 5) is 20.4. The molecule has 1 atom stereocenters. The average Bonchev–Trinajstić information content (AvgIpc) is 2.25. The second-order valence-electron chi connectivity index (χ2n) is 5.19. The standard InChI is InChI=1S/C12H21N5O2/c1-7(2)6-8(3)16(5)11-10(17(18)19)9(4)14-12(13)15-11/h7-8H,6H2,1-5H3,(H2,13,14,15). The van der Waals surface area contributed by atoms with Crippen LogP contribution >= 0.6 is 0 Å². The van der Waals surface area contributed by atoms with Crippen LogP contribution in [0.1, 0.15) is 32.9 Å². The van der Waals surface area contributed by atoms with Gasteiger partial charge in [0.15, 0.2) is 0 Å². The fourth-order valence-corrected chi connectivity index (χ4v) is 2.08. The summed E-state index contributed by atoms with van der Waals surface area (Å²) in [6, 6.07) is 0.132. The van der Waals surface area contributed by atoms with Crippen LogP contribution in [0.4, 0.5) is 17.5 Å². The van der Waals surface area contributed by atoms with Crippen molar-refractivity contribution in [3.05, 3.63) is 15.8 Å². The topological polar surface area (TPSA) is 98.2 Å². The van der Waals surface area contributed by atoms with Gasteiger partial charge >= 0.3 is 5.69 Å². The van der Waals surface area contributed by atoms with Gasteiger partial charge in [-0.05, 0) is 26.2 Å². The fraction of sp³-hybridized carbons (Fsp3) is 0.667. The van der Waals surface area contributed by atoms with E-state index in [1.165, 1.54) is 0 Å². The maximum atomic E-state index is 11.2. The zero-order valence-electron chi connectivity index (χ0n) is 12.0. The van der Waals surface area contributed by atoms with E-state index in [0.717, 1.165) is 6.42 Å². The quantitative estimate of drug-likeness (QED) is 0.648. The normalized spacial score (nSPS) is 12.5. The first-order valence-corrected chi connectivity index (χ1v) is 6.25. The highest BCUT2D eigenvalue weighted by Gasteiger charge is 2.26. The molecule has 7 heteroatoms. The van der Waals surface area contributed by atoms with Gasteiger partial charge in [0.2, 0.25) is 11.8 Å². The Morgan fingerprint density at radius 3 is 2.42 bits per heavy atom. The van der Waals surface area contributed by atoms with Gasteiger partial charge in [-0.25, -0.2) is 4.98 Å². The van der Waals surface area contributed by atoms with E-state index in [9.17, 15) is 10.1 Å². The van der Waals surface area contributed by atoms with Crippen molar-refractivity contribution in [3.8, 4) is 0 Å². The second kappa shape index (κ2) is 5.81. The number of anilines is 2. The van der Waals surface area contributed by atoms with Crippen molar-refractivity contribution in [3.63, 3.8) is 0 Å². The summed E-state index contributed by atoms with van der Waals surface area (Å²) in [5.74, 6) is 0.835. The zero-order chi connectivity index (χ0) is 14.7. The molecule has 0 spiro atoms. The molecule has 7 nitrogen and oxygen atoms in total. The Kier molecular flexibility index (Phi) is 4.63. The third kappa shape index (κ3) is 3.52. The summed E-state index contributed by atoms with van der Waals surface area (Å²) in [7, 11) is 1.79. The van der Waals surface area contributed by atoms with Crippen LogP contribution in [0.15, 0.2) is 0 Å². The largest absolute Gasteiger partial charge is 0.368 e. The minimum absolute atomic E-state index is 0.0571. The lowest BCUT2D eigenvalue weighted by molar-refractivity contribution is -0.385. The first-order chi connectivity index (χ1) is 8.73. The maximum Gasteiger partial charge on any atom is 0.332 e. The SMILES string of the molecule is Cc1nc(N)nc(N(C)C(C)CC(C)C)c1[N+](=O)[O-]. The van der Waals surface area contributed by atoms with Gasteiger partial charge in [-0.2, -0.15) is 4.98 Å². The van der Waals surface area contributed by atoms with E-state index in [1.807, 2.05) is 6.92 Å². The van der Waals surface area contributed by atoms with Crippen LogP contribution < -0.4 is 10.6 Å². The maximum absolute atomic E-state index is 11.2. The van der Waals surface area contributed by atoms with E-state index in [1.54, 1.807) is 18.9 Å². The lowest BCUT2D eigenvalue weighted by atomic mass is 10.0. The molecule has 19 heavy (non-hydrogen) atoms. The molecule has 0 amide bonds. The molecule has 1 aromatic heterocycles. The lowest BCUT2D eigenvalue weighted by Crippen LogP contribution is -2.32. The monoisotopic (exact) mass is 267 g/mol. The Hall–Kier alpha value is -1.92. The first-order valence-electron chi connectivity index (χ1n) is 6.25. The molecule has 0 bridgehead atoms. The number of nitrogen functional groups attached to an aromatic ring is 1. The van der Waals surface area contributed by atoms with Crippen molar-refractivity contribution in [2.45, 2.75) is 40.2 Å². The third-order valence-electron chi connectivity index (χ3n) is 3.05. The minimum atomic E-state index is -0.456. The molecule has 1 aromatic rings. The first kappa shape index (κ1) is 15.1. The summed E-state index contributed by atoms with van der Waals surface area (Å²) < 4.78 is 0. The number of nitrogens with zero attached hydrogens (tertiary/aromatic N) is 4. The van der Waals surface area contributed by atoms with Gasteiger partial charge in [0.1, 0.15) is 5.69 Å². The molecule has 0 fully saturated rings. The second-order valence-corrected chi connectivity index (χ2v) is 5.19. The van der Waals surface area contributed by atoms with Gasteiger partial charge in [-0.1, -0.05) is 13.8 Å². The molecular weight excluding hydrogens is 246 g/mol. The summed E-state index contributed by atoms with van der Waals surface area (Å²) in [5.41, 5.74) is 5.81. The van der Waals surface area contributed by atoms with Gasteiger partial charge < -0.3 is 10.6 Å². The van der Waals surface area contributed by atoms with Crippen LogP contribution in [-0.4, -0.2) is 28.0 Å². The highest BCUT2D eigenvalue weighted by atomic mass is 16.6. The third-order valence-corrected chi connectivity index (χ3v) is 3.05. The van der Waals surface area contributed by atoms with Crippen LogP contribution in [0, 0.1) is 23.0 Å². The van der Waals surface area contributed by atoms with Crippen LogP contribution in [0.3, 0.4) is 0 Å². The Bertz CT molecular complexity index is 475. The highest BCUT2D eigenvalue weighted by Crippen LogP contribution is 2.30. The summed E-state index contributed by atoms with van der Waals surface area (Å²) >= 11 is 0. The molecule has 2 N–H and O–H groups in total. The van der Waals surface area contributed by atoms with Crippen molar-refractivity contribution in [1.29, 1.82) is 0 Å². The number of hydrogen-bond acceptors (Lipinski definition) is 6. The van der Waals surface area contributed by atoms with Crippen molar-refractivity contribution < 1.29 is 4.92 Å². The smallest absolute Gasteiger partial charge is 0.332 e. The number of nitrogens with two attached hydrogens (primary N) is 1. The molecule has 0 saturated heterocycles. The molecule has 1 heterocycles. The molecule has 0 aliphatic carbocycles. The zero-order valence-corrected chi connectivity index (χ0v) is 12.0. The molecule has 0 radical (unpaired) electrons. The molecule has 0 saturated carbocycles. The number of nitro groups is 1. The number of rotatable bonds is 5.